The van der Waals surface area contributed by atoms with Crippen molar-refractivity contribution in [3.63, 3.8) is 0 Å². The molecule has 3 rings (SSSR count). The molecule has 1 heterocycles. The maximum Gasteiger partial charge on any atom is 0.251 e. The largest absolute Gasteiger partial charge is 0.497 e. The van der Waals surface area contributed by atoms with E-state index in [1.807, 2.05) is 6.92 Å². The van der Waals surface area contributed by atoms with E-state index in [0.717, 1.165) is 5.69 Å². The van der Waals surface area contributed by atoms with Gasteiger partial charge >= 0.3 is 0 Å². The van der Waals surface area contributed by atoms with Crippen LogP contribution in [0.3, 0.4) is 0 Å². The lowest BCUT2D eigenvalue weighted by atomic mass is 10.2. The monoisotopic (exact) mass is 384 g/mol. The summed E-state index contributed by atoms with van der Waals surface area (Å²) < 4.78 is 29.1. The van der Waals surface area contributed by atoms with Crippen molar-refractivity contribution in [2.45, 2.75) is 13.3 Å². The van der Waals surface area contributed by atoms with Crippen LogP contribution in [-0.4, -0.2) is 31.7 Å². The molecule has 146 valence electrons. The Hall–Kier alpha value is -3.35. The van der Waals surface area contributed by atoms with E-state index >= 15 is 0 Å². The maximum atomic E-state index is 13.1. The van der Waals surface area contributed by atoms with Gasteiger partial charge in [-0.3, -0.25) is 4.79 Å². The second-order valence-electron chi connectivity index (χ2n) is 6.14. The van der Waals surface area contributed by atoms with Gasteiger partial charge in [0.25, 0.3) is 5.91 Å². The van der Waals surface area contributed by atoms with Gasteiger partial charge in [0.15, 0.2) is 0 Å². The first kappa shape index (κ1) is 19.4. The smallest absolute Gasteiger partial charge is 0.251 e. The van der Waals surface area contributed by atoms with Crippen molar-refractivity contribution in [2.75, 3.05) is 20.8 Å². The maximum absolute atomic E-state index is 13.1. The summed E-state index contributed by atoms with van der Waals surface area (Å²) in [6, 6.07) is 10.9. The van der Waals surface area contributed by atoms with Crippen molar-refractivity contribution < 1.29 is 23.1 Å². The van der Waals surface area contributed by atoms with Crippen molar-refractivity contribution in [1.29, 1.82) is 0 Å². The number of ether oxygens (including phenoxy) is 2. The van der Waals surface area contributed by atoms with Crippen LogP contribution < -0.4 is 14.8 Å². The number of nitrogens with one attached hydrogen (secondary N) is 1. The molecule has 0 spiro atoms. The minimum absolute atomic E-state index is 0.239. The zero-order valence-electron chi connectivity index (χ0n) is 15.9. The van der Waals surface area contributed by atoms with E-state index in [4.69, 9.17) is 13.9 Å². The van der Waals surface area contributed by atoms with Crippen molar-refractivity contribution in [2.24, 2.45) is 0 Å². The van der Waals surface area contributed by atoms with Gasteiger partial charge in [0, 0.05) is 30.2 Å². The first-order valence-corrected chi connectivity index (χ1v) is 8.73. The van der Waals surface area contributed by atoms with E-state index in [1.165, 1.54) is 26.4 Å². The molecule has 0 saturated heterocycles. The first-order valence-electron chi connectivity index (χ1n) is 8.73. The highest BCUT2D eigenvalue weighted by Gasteiger charge is 2.13. The van der Waals surface area contributed by atoms with Crippen LogP contribution in [0.25, 0.3) is 11.5 Å². The summed E-state index contributed by atoms with van der Waals surface area (Å²) in [5, 5.41) is 2.85. The van der Waals surface area contributed by atoms with E-state index in [1.54, 1.807) is 30.3 Å². The number of aromatic nitrogens is 1. The average molecular weight is 384 g/mol. The number of hydrogen-bond donors (Lipinski definition) is 1. The molecule has 28 heavy (non-hydrogen) atoms. The lowest BCUT2D eigenvalue weighted by Gasteiger charge is -2.09. The number of carbonyl (C=O) groups excluding carboxylic acids is 1. The van der Waals surface area contributed by atoms with Gasteiger partial charge in [0.1, 0.15) is 23.1 Å². The SMILES string of the molecule is COc1cc(OC)cc(C(=O)NCCc2nc(-c3ccc(F)cc3)oc2C)c1. The van der Waals surface area contributed by atoms with Crippen LogP contribution >= 0.6 is 0 Å². The van der Waals surface area contributed by atoms with E-state index < -0.39 is 0 Å². The van der Waals surface area contributed by atoms with Gasteiger partial charge in [-0.05, 0) is 43.3 Å². The summed E-state index contributed by atoms with van der Waals surface area (Å²) in [5.74, 6) is 1.62. The van der Waals surface area contributed by atoms with Crippen molar-refractivity contribution in [1.82, 2.24) is 10.3 Å². The number of halogens is 1. The summed E-state index contributed by atoms with van der Waals surface area (Å²) in [6.07, 6.45) is 0.503. The Bertz CT molecular complexity index is 945. The highest BCUT2D eigenvalue weighted by atomic mass is 19.1. The normalized spacial score (nSPS) is 10.6. The Morgan fingerprint density at radius 1 is 1.11 bits per heavy atom. The number of amides is 1. The molecule has 1 aromatic heterocycles. The molecule has 0 aliphatic carbocycles. The van der Waals surface area contributed by atoms with Gasteiger partial charge in [-0.1, -0.05) is 0 Å². The van der Waals surface area contributed by atoms with Crippen LogP contribution in [0.4, 0.5) is 4.39 Å². The molecule has 0 bridgehead atoms. The Morgan fingerprint density at radius 3 is 2.36 bits per heavy atom. The van der Waals surface area contributed by atoms with Gasteiger partial charge in [0.05, 0.1) is 19.9 Å². The molecule has 1 amide bonds. The number of carbonyl (C=O) groups is 1. The standard InChI is InChI=1S/C21H21FN2O4/c1-13-19(24-21(28-13)14-4-6-16(22)7-5-14)8-9-23-20(25)15-10-17(26-2)12-18(11-15)27-3/h4-7,10-12H,8-9H2,1-3H3,(H,23,25). The average Bonchev–Trinajstić information content (AvgIpc) is 3.08. The molecule has 0 radical (unpaired) electrons. The molecule has 0 atom stereocenters. The van der Waals surface area contributed by atoms with Gasteiger partial charge < -0.3 is 19.2 Å². The fourth-order valence-corrected chi connectivity index (χ4v) is 2.71. The molecule has 3 aromatic rings. The van der Waals surface area contributed by atoms with Gasteiger partial charge in [-0.15, -0.1) is 0 Å². The van der Waals surface area contributed by atoms with Gasteiger partial charge in [-0.25, -0.2) is 9.37 Å². The van der Waals surface area contributed by atoms with Crippen LogP contribution in [0.5, 0.6) is 11.5 Å². The molecule has 0 aliphatic rings. The highest BCUT2D eigenvalue weighted by molar-refractivity contribution is 5.95. The van der Waals surface area contributed by atoms with Crippen LogP contribution in [0.1, 0.15) is 21.8 Å². The predicted molar refractivity (Wildman–Crippen MR) is 102 cm³/mol. The van der Waals surface area contributed by atoms with E-state index in [-0.39, 0.29) is 11.7 Å². The second-order valence-corrected chi connectivity index (χ2v) is 6.14. The number of methoxy groups -OCH3 is 2. The number of benzene rings is 2. The molecule has 7 heteroatoms. The molecule has 0 fully saturated rings. The lowest BCUT2D eigenvalue weighted by Crippen LogP contribution is -2.26. The highest BCUT2D eigenvalue weighted by Crippen LogP contribution is 2.23. The quantitative estimate of drug-likeness (QED) is 0.671. The summed E-state index contributed by atoms with van der Waals surface area (Å²) in [5.41, 5.74) is 1.88. The topological polar surface area (TPSA) is 73.6 Å². The summed E-state index contributed by atoms with van der Waals surface area (Å²) in [7, 11) is 3.06. The summed E-state index contributed by atoms with van der Waals surface area (Å²) in [6.45, 7) is 2.19. The third-order valence-electron chi connectivity index (χ3n) is 4.24. The van der Waals surface area contributed by atoms with Crippen LogP contribution in [-0.2, 0) is 6.42 Å². The molecule has 0 unspecified atom stereocenters. The predicted octanol–water partition coefficient (Wildman–Crippen LogP) is 3.78. The van der Waals surface area contributed by atoms with E-state index in [9.17, 15) is 9.18 Å². The molecule has 0 saturated carbocycles. The van der Waals surface area contributed by atoms with Crippen molar-refractivity contribution in [3.8, 4) is 23.0 Å². The number of oxazole rings is 1. The number of rotatable bonds is 7. The molecule has 6 nitrogen and oxygen atoms in total. The molecule has 0 aliphatic heterocycles. The minimum Gasteiger partial charge on any atom is -0.497 e. The van der Waals surface area contributed by atoms with Crippen molar-refractivity contribution in [3.05, 3.63) is 65.3 Å². The summed E-state index contributed by atoms with van der Waals surface area (Å²) in [4.78, 5) is 16.9. The first-order chi connectivity index (χ1) is 13.5. The fraction of sp³-hybridized carbons (Fsp3) is 0.238. The Labute approximate surface area is 162 Å². The molecule has 2 aromatic carbocycles. The van der Waals surface area contributed by atoms with E-state index in [2.05, 4.69) is 10.3 Å². The van der Waals surface area contributed by atoms with Gasteiger partial charge in [-0.2, -0.15) is 0 Å². The zero-order valence-corrected chi connectivity index (χ0v) is 15.9. The minimum atomic E-state index is -0.316. The second kappa shape index (κ2) is 8.56. The third kappa shape index (κ3) is 4.49. The fourth-order valence-electron chi connectivity index (χ4n) is 2.71. The van der Waals surface area contributed by atoms with E-state index in [0.29, 0.717) is 47.2 Å². The molecule has 1 N–H and O–H groups in total. The Kier molecular flexibility index (Phi) is 5.93. The Morgan fingerprint density at radius 2 is 1.75 bits per heavy atom. The van der Waals surface area contributed by atoms with Crippen molar-refractivity contribution >= 4 is 5.91 Å². The van der Waals surface area contributed by atoms with Crippen LogP contribution in [0.2, 0.25) is 0 Å². The van der Waals surface area contributed by atoms with Crippen LogP contribution in [0.15, 0.2) is 46.9 Å². The lowest BCUT2D eigenvalue weighted by molar-refractivity contribution is 0.0953. The van der Waals surface area contributed by atoms with Crippen LogP contribution in [0, 0.1) is 12.7 Å². The molecular weight excluding hydrogens is 363 g/mol. The zero-order chi connectivity index (χ0) is 20.1. The molecular formula is C21H21FN2O4. The number of aryl methyl sites for hydroxylation is 1. The van der Waals surface area contributed by atoms with Gasteiger partial charge in [0.2, 0.25) is 5.89 Å². The number of hydrogen-bond acceptors (Lipinski definition) is 5. The summed E-state index contributed by atoms with van der Waals surface area (Å²) >= 11 is 0. The third-order valence-corrected chi connectivity index (χ3v) is 4.24. The Balaban J connectivity index is 1.64. The number of nitrogens with zero attached hydrogens (tertiary/aromatic N) is 1.